The van der Waals surface area contributed by atoms with E-state index in [1.54, 1.807) is 0 Å². The molecule has 0 rings (SSSR count). The van der Waals surface area contributed by atoms with E-state index in [0.717, 1.165) is 0 Å². The molecule has 0 radical (unpaired) electrons. The molecule has 0 N–H and O–H groups in total. The molecule has 0 fully saturated rings. The second-order valence-electron chi connectivity index (χ2n) is 8.15. The van der Waals surface area contributed by atoms with Gasteiger partial charge in [0.15, 0.2) is 0 Å². The molecule has 0 aromatic heterocycles. The van der Waals surface area contributed by atoms with Gasteiger partial charge in [-0.3, -0.25) is 0 Å². The van der Waals surface area contributed by atoms with Gasteiger partial charge in [0, 0.05) is 0 Å². The van der Waals surface area contributed by atoms with Crippen LogP contribution in [0.3, 0.4) is 0 Å². The van der Waals surface area contributed by atoms with Crippen molar-refractivity contribution in [3.63, 3.8) is 0 Å². The predicted molar refractivity (Wildman–Crippen MR) is 79.9 cm³/mol. The number of rotatable bonds is 2. The molecular weight excluding hydrogens is 299 g/mol. The Morgan fingerprint density at radius 1 is 0.750 bits per heavy atom. The van der Waals surface area contributed by atoms with Gasteiger partial charge in [-0.15, -0.1) is 0 Å². The Hall–Kier alpha value is 0.539. The predicted octanol–water partition coefficient (Wildman–Crippen LogP) is 6.02. The molecule has 0 nitrogen and oxygen atoms in total. The van der Waals surface area contributed by atoms with E-state index in [2.05, 4.69) is 75.0 Å². The van der Waals surface area contributed by atoms with Crippen molar-refractivity contribution in [2.24, 2.45) is 0 Å². The van der Waals surface area contributed by atoms with Crippen molar-refractivity contribution in [1.82, 2.24) is 0 Å². The van der Waals surface area contributed by atoms with E-state index in [1.165, 1.54) is 4.44 Å². The third-order valence-electron chi connectivity index (χ3n) is 4.29. The molecule has 0 aliphatic carbocycles. The molecule has 0 unspecified atom stereocenters. The molecule has 1 heteroatoms. The van der Waals surface area contributed by atoms with Crippen LogP contribution in [0.5, 0.6) is 0 Å². The van der Waals surface area contributed by atoms with Gasteiger partial charge in [0.1, 0.15) is 0 Å². The average molecular weight is 331 g/mol. The summed E-state index contributed by atoms with van der Waals surface area (Å²) in [7, 11) is 0. The Balaban J connectivity index is 5.92. The van der Waals surface area contributed by atoms with Crippen molar-refractivity contribution in [3.8, 4) is 0 Å². The van der Waals surface area contributed by atoms with Crippen molar-refractivity contribution >= 4 is 18.4 Å². The minimum atomic E-state index is -2.42. The molecule has 0 aliphatic heterocycles. The molecule has 0 bridgehead atoms. The van der Waals surface area contributed by atoms with Crippen molar-refractivity contribution in [2.45, 2.75) is 77.0 Å². The second kappa shape index (κ2) is 4.66. The van der Waals surface area contributed by atoms with Crippen LogP contribution in [0.1, 0.15) is 62.3 Å². The second-order valence-corrected chi connectivity index (χ2v) is 27.3. The quantitative estimate of drug-likeness (QED) is 0.429. The summed E-state index contributed by atoms with van der Waals surface area (Å²) in [6.07, 6.45) is 2.19. The van der Waals surface area contributed by atoms with E-state index in [-0.39, 0.29) is 0 Å². The first-order valence-corrected chi connectivity index (χ1v) is 12.7. The molecule has 96 valence electrons. The van der Waals surface area contributed by atoms with Gasteiger partial charge < -0.3 is 0 Å². The number of hydrogen-bond acceptors (Lipinski definition) is 0. The van der Waals surface area contributed by atoms with E-state index in [4.69, 9.17) is 0 Å². The Morgan fingerprint density at radius 2 is 1.00 bits per heavy atom. The molecule has 0 saturated heterocycles. The fourth-order valence-corrected chi connectivity index (χ4v) is 30.3. The average Bonchev–Trinajstić information content (AvgIpc) is 1.91. The summed E-state index contributed by atoms with van der Waals surface area (Å²) < 4.78 is 2.70. The van der Waals surface area contributed by atoms with Crippen LogP contribution in [0.4, 0.5) is 0 Å². The summed E-state index contributed by atoms with van der Waals surface area (Å²) in [5.41, 5.74) is 0. The van der Waals surface area contributed by atoms with E-state index in [1.807, 2.05) is 0 Å². The molecule has 0 heterocycles. The van der Waals surface area contributed by atoms with Gasteiger partial charge in [0.25, 0.3) is 0 Å². The number of allylic oxidation sites excluding steroid dienone is 1. The molecule has 0 aliphatic rings. The zero-order chi connectivity index (χ0) is 13.4. The Morgan fingerprint density at radius 3 is 1.06 bits per heavy atom. The van der Waals surface area contributed by atoms with Crippen LogP contribution in [-0.4, -0.2) is 18.4 Å². The maximum atomic E-state index is 4.04. The van der Waals surface area contributed by atoms with Gasteiger partial charge in [-0.2, -0.15) is 0 Å². The first kappa shape index (κ1) is 16.5. The Bertz CT molecular complexity index is 206. The summed E-state index contributed by atoms with van der Waals surface area (Å²) >= 11 is -2.42. The molecule has 0 atom stereocenters. The summed E-state index contributed by atoms with van der Waals surface area (Å²) in [6.45, 7) is 26.2. The van der Waals surface area contributed by atoms with Crippen LogP contribution in [-0.2, 0) is 0 Å². The van der Waals surface area contributed by atoms with Crippen LogP contribution in [0.25, 0.3) is 0 Å². The SMILES string of the molecule is C=C[CH2][Sn]([C](C)(C)C)([C](C)(C)C)[C](C)(C)C. The third kappa shape index (κ3) is 2.68. The molecule has 0 aromatic rings. The van der Waals surface area contributed by atoms with Gasteiger partial charge in [-0.1, -0.05) is 0 Å². The maximum absolute atomic E-state index is 4.04. The van der Waals surface area contributed by atoms with Crippen LogP contribution < -0.4 is 0 Å². The fraction of sp³-hybridized carbons (Fsp3) is 0.867. The minimum absolute atomic E-state index is 0.472. The van der Waals surface area contributed by atoms with Crippen LogP contribution in [0.15, 0.2) is 12.7 Å². The zero-order valence-corrected chi connectivity index (χ0v) is 15.8. The van der Waals surface area contributed by atoms with Crippen molar-refractivity contribution in [1.29, 1.82) is 0 Å². The zero-order valence-electron chi connectivity index (χ0n) is 13.0. The monoisotopic (exact) mass is 332 g/mol. The summed E-state index contributed by atoms with van der Waals surface area (Å²) in [4.78, 5) is 0. The molecule has 0 saturated carbocycles. The topological polar surface area (TPSA) is 0 Å². The van der Waals surface area contributed by atoms with Gasteiger partial charge in [-0.25, -0.2) is 0 Å². The first-order valence-electron chi connectivity index (χ1n) is 6.42. The van der Waals surface area contributed by atoms with E-state index >= 15 is 0 Å². The molecule has 0 spiro atoms. The molecule has 0 aromatic carbocycles. The molecule has 0 amide bonds. The standard InChI is InChI=1S/3C4H9.C3H5.Sn/c3*1-4(2)3;1-3-2;/h3*1-3H3;3H,1-2H2;. The fourth-order valence-electron chi connectivity index (χ4n) is 4.51. The normalized spacial score (nSPS) is 15.1. The summed E-state index contributed by atoms with van der Waals surface area (Å²) in [6, 6.07) is 0. The van der Waals surface area contributed by atoms with E-state index in [9.17, 15) is 0 Å². The third-order valence-corrected chi connectivity index (χ3v) is 28.8. The van der Waals surface area contributed by atoms with E-state index < -0.39 is 18.4 Å². The van der Waals surface area contributed by atoms with Crippen molar-refractivity contribution in [2.75, 3.05) is 0 Å². The molecular formula is C15H32Sn. The van der Waals surface area contributed by atoms with Crippen LogP contribution >= 0.6 is 0 Å². The Kier molecular flexibility index (Phi) is 4.82. The van der Waals surface area contributed by atoms with Gasteiger partial charge in [0.05, 0.1) is 0 Å². The van der Waals surface area contributed by atoms with Crippen LogP contribution in [0, 0.1) is 0 Å². The van der Waals surface area contributed by atoms with Gasteiger partial charge in [0.2, 0.25) is 0 Å². The van der Waals surface area contributed by atoms with Crippen molar-refractivity contribution < 1.29 is 0 Å². The van der Waals surface area contributed by atoms with Gasteiger partial charge >= 0.3 is 108 Å². The first-order chi connectivity index (χ1) is 6.81. The van der Waals surface area contributed by atoms with Gasteiger partial charge in [-0.05, 0) is 0 Å². The number of hydrogen-bond donors (Lipinski definition) is 0. The van der Waals surface area contributed by atoms with Crippen LogP contribution in [0.2, 0.25) is 14.7 Å². The summed E-state index contributed by atoms with van der Waals surface area (Å²) in [5, 5.41) is 0. The Labute approximate surface area is 108 Å². The summed E-state index contributed by atoms with van der Waals surface area (Å²) in [5.74, 6) is 0. The van der Waals surface area contributed by atoms with E-state index in [0.29, 0.717) is 10.3 Å². The molecule has 16 heavy (non-hydrogen) atoms. The van der Waals surface area contributed by atoms with Crippen molar-refractivity contribution in [3.05, 3.63) is 12.7 Å².